The maximum atomic E-state index is 12.3. The van der Waals surface area contributed by atoms with Crippen molar-refractivity contribution in [2.75, 3.05) is 11.1 Å². The molecule has 0 saturated heterocycles. The van der Waals surface area contributed by atoms with E-state index < -0.39 is 0 Å². The zero-order valence-electron chi connectivity index (χ0n) is 17.5. The van der Waals surface area contributed by atoms with E-state index >= 15 is 0 Å². The van der Waals surface area contributed by atoms with Gasteiger partial charge >= 0.3 is 0 Å². The van der Waals surface area contributed by atoms with Gasteiger partial charge in [0.25, 0.3) is 0 Å². The van der Waals surface area contributed by atoms with Gasteiger partial charge in [0.1, 0.15) is 12.4 Å². The Hall–Kier alpha value is -2.19. The molecule has 0 aliphatic rings. The number of anilines is 1. The van der Waals surface area contributed by atoms with Crippen molar-refractivity contribution in [3.8, 4) is 5.75 Å². The van der Waals surface area contributed by atoms with Crippen LogP contribution in [0.5, 0.6) is 5.75 Å². The van der Waals surface area contributed by atoms with Gasteiger partial charge in [-0.05, 0) is 55.3 Å². The van der Waals surface area contributed by atoms with Crippen molar-refractivity contribution >= 4 is 58.2 Å². The molecule has 0 radical (unpaired) electrons. The highest BCUT2D eigenvalue weighted by Crippen LogP contribution is 2.27. The number of hydrogen-bond acceptors (Lipinski definition) is 5. The Kier molecular flexibility index (Phi) is 8.48. The topological polar surface area (TPSA) is 69.0 Å². The standard InChI is InChI=1S/C22H21Cl3N4O2S/c1-4-7-29-19(11-31-16-8-13(2)21(25)14(3)9-16)27-28-22(29)32-12-20(30)26-15-5-6-17(23)18(24)10-15/h4-6,8-10H,1,7,11-12H2,2-3H3,(H,26,30). The van der Waals surface area contributed by atoms with Gasteiger partial charge in [-0.3, -0.25) is 9.36 Å². The van der Waals surface area contributed by atoms with E-state index in [1.165, 1.54) is 11.8 Å². The summed E-state index contributed by atoms with van der Waals surface area (Å²) in [7, 11) is 0. The summed E-state index contributed by atoms with van der Waals surface area (Å²) >= 11 is 19.4. The van der Waals surface area contributed by atoms with E-state index in [4.69, 9.17) is 39.5 Å². The number of ether oxygens (including phenoxy) is 1. The molecule has 0 unspecified atom stereocenters. The molecule has 168 valence electrons. The first kappa shape index (κ1) is 24.5. The molecule has 0 atom stereocenters. The monoisotopic (exact) mass is 510 g/mol. The van der Waals surface area contributed by atoms with Crippen LogP contribution >= 0.6 is 46.6 Å². The lowest BCUT2D eigenvalue weighted by molar-refractivity contribution is -0.113. The second-order valence-corrected chi connectivity index (χ2v) is 9.06. The summed E-state index contributed by atoms with van der Waals surface area (Å²) in [5.74, 6) is 1.27. The van der Waals surface area contributed by atoms with Crippen LogP contribution < -0.4 is 10.1 Å². The van der Waals surface area contributed by atoms with Crippen LogP contribution in [0.15, 0.2) is 48.1 Å². The average Bonchev–Trinajstić information content (AvgIpc) is 3.13. The molecule has 0 saturated carbocycles. The second kappa shape index (κ2) is 11.1. The van der Waals surface area contributed by atoms with Gasteiger partial charge in [-0.25, -0.2) is 0 Å². The minimum absolute atomic E-state index is 0.145. The van der Waals surface area contributed by atoms with Crippen LogP contribution in [-0.4, -0.2) is 26.4 Å². The van der Waals surface area contributed by atoms with E-state index in [0.29, 0.717) is 39.0 Å². The maximum absolute atomic E-state index is 12.3. The number of halogens is 3. The number of carbonyl (C=O) groups excluding carboxylic acids is 1. The number of aromatic nitrogens is 3. The van der Waals surface area contributed by atoms with Gasteiger partial charge < -0.3 is 10.1 Å². The molecule has 0 bridgehead atoms. The highest BCUT2D eigenvalue weighted by molar-refractivity contribution is 7.99. The molecule has 2 aromatic carbocycles. The number of thioether (sulfide) groups is 1. The van der Waals surface area contributed by atoms with Gasteiger partial charge in [-0.1, -0.05) is 52.6 Å². The molecule has 0 aliphatic heterocycles. The van der Waals surface area contributed by atoms with E-state index in [9.17, 15) is 4.79 Å². The Morgan fingerprint density at radius 2 is 1.88 bits per heavy atom. The lowest BCUT2D eigenvalue weighted by Gasteiger charge is -2.11. The van der Waals surface area contributed by atoms with Gasteiger partial charge in [-0.15, -0.1) is 16.8 Å². The summed E-state index contributed by atoms with van der Waals surface area (Å²) in [6, 6.07) is 8.68. The second-order valence-electron chi connectivity index (χ2n) is 6.92. The normalized spacial score (nSPS) is 10.8. The van der Waals surface area contributed by atoms with Gasteiger partial charge in [0, 0.05) is 17.3 Å². The molecule has 6 nitrogen and oxygen atoms in total. The van der Waals surface area contributed by atoms with E-state index in [2.05, 4.69) is 22.1 Å². The van der Waals surface area contributed by atoms with Gasteiger partial charge in [0.15, 0.2) is 11.0 Å². The highest BCUT2D eigenvalue weighted by Gasteiger charge is 2.15. The molecular weight excluding hydrogens is 491 g/mol. The third-order valence-electron chi connectivity index (χ3n) is 4.42. The molecule has 1 N–H and O–H groups in total. The van der Waals surface area contributed by atoms with E-state index in [-0.39, 0.29) is 18.3 Å². The minimum Gasteiger partial charge on any atom is -0.486 e. The van der Waals surface area contributed by atoms with Crippen LogP contribution in [0.2, 0.25) is 15.1 Å². The van der Waals surface area contributed by atoms with Crippen molar-refractivity contribution < 1.29 is 9.53 Å². The first-order chi connectivity index (χ1) is 15.3. The Morgan fingerprint density at radius 3 is 2.53 bits per heavy atom. The van der Waals surface area contributed by atoms with E-state index in [0.717, 1.165) is 16.1 Å². The molecule has 1 heterocycles. The maximum Gasteiger partial charge on any atom is 0.234 e. The smallest absolute Gasteiger partial charge is 0.234 e. The van der Waals surface area contributed by atoms with Crippen LogP contribution in [0.3, 0.4) is 0 Å². The van der Waals surface area contributed by atoms with Crippen molar-refractivity contribution in [3.05, 3.63) is 75.0 Å². The van der Waals surface area contributed by atoms with Gasteiger partial charge in [-0.2, -0.15) is 0 Å². The SMILES string of the molecule is C=CCn1c(COc2cc(C)c(Cl)c(C)c2)nnc1SCC(=O)Nc1ccc(Cl)c(Cl)c1. The number of hydrogen-bond donors (Lipinski definition) is 1. The zero-order chi connectivity index (χ0) is 23.3. The number of amides is 1. The summed E-state index contributed by atoms with van der Waals surface area (Å²) in [4.78, 5) is 12.3. The summed E-state index contributed by atoms with van der Waals surface area (Å²) in [5.41, 5.74) is 2.46. The summed E-state index contributed by atoms with van der Waals surface area (Å²) < 4.78 is 7.77. The van der Waals surface area contributed by atoms with Crippen LogP contribution in [0.25, 0.3) is 0 Å². The van der Waals surface area contributed by atoms with E-state index in [1.54, 1.807) is 24.3 Å². The van der Waals surface area contributed by atoms with Crippen molar-refractivity contribution in [3.63, 3.8) is 0 Å². The molecule has 0 aliphatic carbocycles. The van der Waals surface area contributed by atoms with Crippen molar-refractivity contribution in [2.45, 2.75) is 32.2 Å². The predicted molar refractivity (Wildman–Crippen MR) is 131 cm³/mol. The number of nitrogens with one attached hydrogen (secondary N) is 1. The predicted octanol–water partition coefficient (Wildman–Crippen LogP) is 6.35. The minimum atomic E-state index is -0.202. The number of carbonyl (C=O) groups is 1. The molecule has 1 aromatic heterocycles. The summed E-state index contributed by atoms with van der Waals surface area (Å²) in [6.45, 7) is 8.36. The van der Waals surface area contributed by atoms with Crippen molar-refractivity contribution in [2.24, 2.45) is 0 Å². The average molecular weight is 512 g/mol. The first-order valence-electron chi connectivity index (χ1n) is 9.58. The number of allylic oxidation sites excluding steroid dienone is 1. The van der Waals surface area contributed by atoms with Crippen molar-refractivity contribution in [1.29, 1.82) is 0 Å². The fourth-order valence-electron chi connectivity index (χ4n) is 2.88. The summed E-state index contributed by atoms with van der Waals surface area (Å²) in [6.07, 6.45) is 1.74. The molecule has 3 aromatic rings. The molecule has 1 amide bonds. The molecule has 0 spiro atoms. The van der Waals surface area contributed by atoms with Gasteiger partial charge in [0.05, 0.1) is 15.8 Å². The molecular formula is C22H21Cl3N4O2S. The van der Waals surface area contributed by atoms with Crippen LogP contribution in [0.1, 0.15) is 17.0 Å². The molecule has 10 heteroatoms. The molecule has 32 heavy (non-hydrogen) atoms. The van der Waals surface area contributed by atoms with Crippen LogP contribution in [0, 0.1) is 13.8 Å². The Morgan fingerprint density at radius 1 is 1.16 bits per heavy atom. The number of aryl methyl sites for hydroxylation is 2. The lowest BCUT2D eigenvalue weighted by atomic mass is 10.1. The number of rotatable bonds is 9. The number of benzene rings is 2. The van der Waals surface area contributed by atoms with Crippen LogP contribution in [-0.2, 0) is 17.9 Å². The first-order valence-corrected chi connectivity index (χ1v) is 11.7. The van der Waals surface area contributed by atoms with Gasteiger partial charge in [0.2, 0.25) is 5.91 Å². The molecule has 3 rings (SSSR count). The largest absolute Gasteiger partial charge is 0.486 e. The number of nitrogens with zero attached hydrogens (tertiary/aromatic N) is 3. The quantitative estimate of drug-likeness (QED) is 0.268. The third kappa shape index (κ3) is 6.19. The third-order valence-corrected chi connectivity index (χ3v) is 6.72. The Labute approximate surface area is 205 Å². The van der Waals surface area contributed by atoms with Crippen molar-refractivity contribution in [1.82, 2.24) is 14.8 Å². The zero-order valence-corrected chi connectivity index (χ0v) is 20.6. The Balaban J connectivity index is 1.64. The van der Waals surface area contributed by atoms with E-state index in [1.807, 2.05) is 30.5 Å². The summed E-state index contributed by atoms with van der Waals surface area (Å²) in [5, 5.41) is 13.3. The fraction of sp³-hybridized carbons (Fsp3) is 0.227. The van der Waals surface area contributed by atoms with Crippen LogP contribution in [0.4, 0.5) is 5.69 Å². The Bertz CT molecular complexity index is 1130. The lowest BCUT2D eigenvalue weighted by Crippen LogP contribution is -2.15. The highest BCUT2D eigenvalue weighted by atomic mass is 35.5. The molecule has 0 fully saturated rings. The fourth-order valence-corrected chi connectivity index (χ4v) is 4.06.